The van der Waals surface area contributed by atoms with Crippen LogP contribution in [0.15, 0.2) is 65.8 Å². The minimum Gasteiger partial charge on any atom is -0.463 e. The van der Waals surface area contributed by atoms with Crippen LogP contribution in [-0.4, -0.2) is 91.3 Å². The summed E-state index contributed by atoms with van der Waals surface area (Å²) in [7, 11) is 0. The van der Waals surface area contributed by atoms with Crippen LogP contribution in [0.1, 0.15) is 52.7 Å². The van der Waals surface area contributed by atoms with Crippen LogP contribution in [0.4, 0.5) is 4.79 Å². The molecule has 2 aromatic carbocycles. The lowest BCUT2D eigenvalue weighted by Crippen LogP contribution is -2.61. The molecule has 2 aliphatic rings. The van der Waals surface area contributed by atoms with E-state index >= 15 is 0 Å². The van der Waals surface area contributed by atoms with Crippen LogP contribution in [0.5, 0.6) is 0 Å². The molecule has 16 nitrogen and oxygen atoms in total. The fraction of sp³-hybridized carbons (Fsp3) is 0.556. The van der Waals surface area contributed by atoms with Gasteiger partial charge in [-0.1, -0.05) is 79.6 Å². The molecule has 2 aliphatic heterocycles. The van der Waals surface area contributed by atoms with Gasteiger partial charge in [0.25, 0.3) is 0 Å². The predicted molar refractivity (Wildman–Crippen MR) is 181 cm³/mol. The standard InChI is InChI=1S/C36H46N4O12/c1-21-23(3)49-35(33(50-26(6)43)32(21)46-17-27-13-9-7-10-14-27)52-31-22(2)30(38-39-37)34(51-29(31)19-45-25(5)42)48-20-40(24(4)41)36(44)47-18-28-15-11-8-12-16-28/h7-16,21-23,29-35H,17-20H2,1-6H3/t21-,22-,23?,29?,30?,31+,32-,33?,34-,35+/m1/s1. The van der Waals surface area contributed by atoms with Gasteiger partial charge in [-0.05, 0) is 29.5 Å². The van der Waals surface area contributed by atoms with Gasteiger partial charge in [-0.15, -0.1) is 0 Å². The zero-order valence-corrected chi connectivity index (χ0v) is 30.1. The maximum Gasteiger partial charge on any atom is 0.418 e. The van der Waals surface area contributed by atoms with Crippen LogP contribution in [-0.2, 0) is 65.5 Å². The molecule has 2 amide bonds. The Morgan fingerprint density at radius 2 is 1.40 bits per heavy atom. The minimum atomic E-state index is -1.33. The van der Waals surface area contributed by atoms with Gasteiger partial charge < -0.3 is 37.9 Å². The van der Waals surface area contributed by atoms with Crippen molar-refractivity contribution in [2.75, 3.05) is 13.3 Å². The Hall–Kier alpha value is -4.57. The zero-order valence-electron chi connectivity index (χ0n) is 30.1. The lowest BCUT2D eigenvalue weighted by molar-refractivity contribution is -0.337. The van der Waals surface area contributed by atoms with Crippen LogP contribution in [0.3, 0.4) is 0 Å². The van der Waals surface area contributed by atoms with E-state index in [-0.39, 0.29) is 25.7 Å². The molecule has 2 fully saturated rings. The average Bonchev–Trinajstić information content (AvgIpc) is 3.11. The predicted octanol–water partition coefficient (Wildman–Crippen LogP) is 5.03. The summed E-state index contributed by atoms with van der Waals surface area (Å²) in [4.78, 5) is 53.3. The molecule has 10 atom stereocenters. The molecule has 2 saturated heterocycles. The summed E-state index contributed by atoms with van der Waals surface area (Å²) in [5, 5.41) is 3.91. The molecule has 4 unspecified atom stereocenters. The highest BCUT2D eigenvalue weighted by Crippen LogP contribution is 2.37. The summed E-state index contributed by atoms with van der Waals surface area (Å²) < 4.78 is 47.6. The third kappa shape index (κ3) is 11.0. The molecule has 4 rings (SSSR count). The number of esters is 2. The summed E-state index contributed by atoms with van der Waals surface area (Å²) in [5.74, 6) is -2.78. The molecule has 0 saturated carbocycles. The molecular weight excluding hydrogens is 680 g/mol. The highest BCUT2D eigenvalue weighted by Gasteiger charge is 2.51. The lowest BCUT2D eigenvalue weighted by Gasteiger charge is -2.48. The Kier molecular flexibility index (Phi) is 14.9. The molecular formula is C36H46N4O12. The van der Waals surface area contributed by atoms with Gasteiger partial charge in [0, 0.05) is 31.6 Å². The molecule has 52 heavy (non-hydrogen) atoms. The summed E-state index contributed by atoms with van der Waals surface area (Å²) in [5.41, 5.74) is 11.2. The van der Waals surface area contributed by atoms with Crippen molar-refractivity contribution in [1.29, 1.82) is 0 Å². The van der Waals surface area contributed by atoms with Crippen molar-refractivity contribution in [1.82, 2.24) is 4.90 Å². The van der Waals surface area contributed by atoms with Crippen LogP contribution >= 0.6 is 0 Å². The smallest absolute Gasteiger partial charge is 0.418 e. The van der Waals surface area contributed by atoms with Crippen LogP contribution < -0.4 is 0 Å². The number of carbonyl (C=O) groups is 4. The lowest BCUT2D eigenvalue weighted by atomic mass is 9.88. The van der Waals surface area contributed by atoms with Crippen molar-refractivity contribution in [2.45, 2.75) is 104 Å². The largest absolute Gasteiger partial charge is 0.463 e. The number of nitrogens with zero attached hydrogens (tertiary/aromatic N) is 4. The number of azide groups is 1. The van der Waals surface area contributed by atoms with Crippen molar-refractivity contribution in [2.24, 2.45) is 17.0 Å². The number of hydrogen-bond acceptors (Lipinski definition) is 13. The quantitative estimate of drug-likeness (QED) is 0.0630. The molecule has 2 aromatic rings. The van der Waals surface area contributed by atoms with E-state index < -0.39 is 85.7 Å². The normalized spacial score (nSPS) is 28.5. The third-order valence-electron chi connectivity index (χ3n) is 8.90. The van der Waals surface area contributed by atoms with Crippen molar-refractivity contribution >= 4 is 23.9 Å². The van der Waals surface area contributed by atoms with Gasteiger partial charge >= 0.3 is 18.0 Å². The number of benzene rings is 2. The molecule has 0 N–H and O–H groups in total. The first-order chi connectivity index (χ1) is 24.9. The van der Waals surface area contributed by atoms with Gasteiger partial charge in [0.2, 0.25) is 5.91 Å². The van der Waals surface area contributed by atoms with Gasteiger partial charge in [0.1, 0.15) is 32.2 Å². The minimum absolute atomic E-state index is 0.0850. The van der Waals surface area contributed by atoms with E-state index in [0.717, 1.165) is 17.4 Å². The molecule has 0 aromatic heterocycles. The summed E-state index contributed by atoms with van der Waals surface area (Å²) in [6, 6.07) is 17.3. The number of imide groups is 1. The number of rotatable bonds is 14. The second kappa shape index (κ2) is 19.3. The SMILES string of the molecule is CC(=O)OCC1O[C@@H](OCN(C(C)=O)C(=O)OCc2ccccc2)C(N=[N+]=[N-])[C@@H](C)[C@@H]1O[C@@H]1OC(C)[C@@H](C)[C@@H](OCc2ccccc2)C1OC(C)=O. The Morgan fingerprint density at radius 1 is 0.769 bits per heavy atom. The van der Waals surface area contributed by atoms with E-state index in [1.807, 2.05) is 50.2 Å². The van der Waals surface area contributed by atoms with Crippen LogP contribution in [0, 0.1) is 11.8 Å². The van der Waals surface area contributed by atoms with Crippen molar-refractivity contribution in [3.8, 4) is 0 Å². The van der Waals surface area contributed by atoms with Gasteiger partial charge in [0.15, 0.2) is 18.7 Å². The zero-order chi connectivity index (χ0) is 37.8. The van der Waals surface area contributed by atoms with E-state index in [9.17, 15) is 24.7 Å². The highest BCUT2D eigenvalue weighted by atomic mass is 16.7. The highest BCUT2D eigenvalue weighted by molar-refractivity contribution is 5.90. The summed E-state index contributed by atoms with van der Waals surface area (Å²) in [6.45, 7) is 8.36. The maximum absolute atomic E-state index is 12.9. The second-order valence-corrected chi connectivity index (χ2v) is 12.7. The maximum atomic E-state index is 12.9. The molecule has 0 aliphatic carbocycles. The molecule has 16 heteroatoms. The molecule has 0 spiro atoms. The van der Waals surface area contributed by atoms with E-state index in [2.05, 4.69) is 10.0 Å². The summed E-state index contributed by atoms with van der Waals surface area (Å²) in [6.07, 6.45) is -7.56. The van der Waals surface area contributed by atoms with Crippen molar-refractivity contribution in [3.05, 3.63) is 82.2 Å². The molecule has 0 radical (unpaired) electrons. The van der Waals surface area contributed by atoms with Crippen LogP contribution in [0.2, 0.25) is 0 Å². The first-order valence-electron chi connectivity index (χ1n) is 17.0. The number of amides is 2. The van der Waals surface area contributed by atoms with Crippen molar-refractivity contribution < 1.29 is 57.1 Å². The second-order valence-electron chi connectivity index (χ2n) is 12.7. The first kappa shape index (κ1) is 40.2. The number of ether oxygens (including phenoxy) is 8. The fourth-order valence-electron chi connectivity index (χ4n) is 5.96. The Morgan fingerprint density at radius 3 is 1.98 bits per heavy atom. The Balaban J connectivity index is 1.55. The van der Waals surface area contributed by atoms with Gasteiger partial charge in [0.05, 0.1) is 24.9 Å². The topological polar surface area (TPSA) is 194 Å². The van der Waals surface area contributed by atoms with E-state index in [1.54, 1.807) is 31.2 Å². The van der Waals surface area contributed by atoms with Crippen LogP contribution in [0.25, 0.3) is 10.4 Å². The van der Waals surface area contributed by atoms with E-state index in [0.29, 0.717) is 5.56 Å². The molecule has 2 heterocycles. The third-order valence-corrected chi connectivity index (χ3v) is 8.90. The summed E-state index contributed by atoms with van der Waals surface area (Å²) >= 11 is 0. The van der Waals surface area contributed by atoms with Gasteiger partial charge in [-0.2, -0.15) is 0 Å². The van der Waals surface area contributed by atoms with E-state index in [1.165, 1.54) is 13.8 Å². The fourth-order valence-corrected chi connectivity index (χ4v) is 5.96. The van der Waals surface area contributed by atoms with Crippen molar-refractivity contribution in [3.63, 3.8) is 0 Å². The number of hydrogen-bond donors (Lipinski definition) is 0. The van der Waals surface area contributed by atoms with Gasteiger partial charge in [-0.3, -0.25) is 14.4 Å². The van der Waals surface area contributed by atoms with Gasteiger partial charge in [-0.25, -0.2) is 9.69 Å². The Bertz CT molecular complexity index is 1540. The van der Waals surface area contributed by atoms with E-state index in [4.69, 9.17) is 37.9 Å². The molecule has 282 valence electrons. The average molecular weight is 727 g/mol. The number of carbonyl (C=O) groups excluding carboxylic acids is 4. The monoisotopic (exact) mass is 726 g/mol. The first-order valence-corrected chi connectivity index (χ1v) is 17.0. The Labute approximate surface area is 302 Å². The molecule has 0 bridgehead atoms.